The second kappa shape index (κ2) is 6.00. The maximum absolute atomic E-state index is 11.9. The second-order valence-electron chi connectivity index (χ2n) is 4.82. The van der Waals surface area contributed by atoms with E-state index in [9.17, 15) is 4.79 Å². The summed E-state index contributed by atoms with van der Waals surface area (Å²) < 4.78 is 1.80. The van der Waals surface area contributed by atoms with Crippen molar-refractivity contribution in [1.82, 2.24) is 20.0 Å². The maximum Gasteiger partial charge on any atom is 0.236 e. The minimum atomic E-state index is 0.223. The van der Waals surface area contributed by atoms with Crippen LogP contribution in [0.3, 0.4) is 0 Å². The highest BCUT2D eigenvalue weighted by atomic mass is 16.2. The van der Waals surface area contributed by atoms with Gasteiger partial charge in [0.25, 0.3) is 0 Å². The fourth-order valence-corrected chi connectivity index (χ4v) is 2.13. The molecule has 1 heterocycles. The molecule has 1 aliphatic rings. The molecular weight excluding hydrogens is 228 g/mol. The van der Waals surface area contributed by atoms with E-state index in [1.165, 1.54) is 12.8 Å². The van der Waals surface area contributed by atoms with Crippen LogP contribution in [0.4, 0.5) is 0 Å². The van der Waals surface area contributed by atoms with Crippen molar-refractivity contribution < 1.29 is 4.79 Å². The van der Waals surface area contributed by atoms with Gasteiger partial charge in [0.05, 0.1) is 12.2 Å². The first-order valence-corrected chi connectivity index (χ1v) is 6.69. The molecule has 0 aliphatic heterocycles. The summed E-state index contributed by atoms with van der Waals surface area (Å²) in [5.41, 5.74) is 1.06. The first kappa shape index (κ1) is 13.1. The van der Waals surface area contributed by atoms with Crippen LogP contribution in [0.25, 0.3) is 0 Å². The van der Waals surface area contributed by atoms with Gasteiger partial charge in [-0.3, -0.25) is 9.48 Å². The van der Waals surface area contributed by atoms with Crippen molar-refractivity contribution in [2.45, 2.75) is 32.2 Å². The molecule has 100 valence electrons. The Morgan fingerprint density at radius 1 is 1.61 bits per heavy atom. The number of carbonyl (C=O) groups is 1. The molecule has 1 amide bonds. The zero-order chi connectivity index (χ0) is 13.0. The van der Waals surface area contributed by atoms with E-state index in [-0.39, 0.29) is 5.91 Å². The van der Waals surface area contributed by atoms with Crippen LogP contribution in [-0.2, 0) is 18.3 Å². The van der Waals surface area contributed by atoms with E-state index in [0.29, 0.717) is 12.6 Å². The van der Waals surface area contributed by atoms with Crippen LogP contribution in [0.1, 0.15) is 25.5 Å². The Morgan fingerprint density at radius 3 is 2.94 bits per heavy atom. The third-order valence-electron chi connectivity index (χ3n) is 3.25. The average Bonchev–Trinajstić information content (AvgIpc) is 3.09. The number of nitrogens with one attached hydrogen (secondary N) is 1. The van der Waals surface area contributed by atoms with E-state index in [0.717, 1.165) is 25.2 Å². The monoisotopic (exact) mass is 250 g/mol. The summed E-state index contributed by atoms with van der Waals surface area (Å²) in [5, 5.41) is 7.50. The summed E-state index contributed by atoms with van der Waals surface area (Å²) in [5.74, 6) is 0.223. The zero-order valence-electron chi connectivity index (χ0n) is 11.2. The number of hydrogen-bond acceptors (Lipinski definition) is 3. The molecule has 0 spiro atoms. The smallest absolute Gasteiger partial charge is 0.236 e. The molecule has 0 aromatic carbocycles. The van der Waals surface area contributed by atoms with Gasteiger partial charge in [-0.05, 0) is 25.8 Å². The lowest BCUT2D eigenvalue weighted by Gasteiger charge is -2.20. The third-order valence-corrected chi connectivity index (χ3v) is 3.25. The Labute approximate surface area is 108 Å². The molecule has 0 saturated heterocycles. The molecule has 0 bridgehead atoms. The van der Waals surface area contributed by atoms with Crippen molar-refractivity contribution in [2.75, 3.05) is 19.6 Å². The van der Waals surface area contributed by atoms with Crippen molar-refractivity contribution in [3.8, 4) is 0 Å². The third kappa shape index (κ3) is 3.57. The topological polar surface area (TPSA) is 50.2 Å². The number of aryl methyl sites for hydroxylation is 1. The number of carbonyl (C=O) groups excluding carboxylic acids is 1. The Hall–Kier alpha value is -1.36. The van der Waals surface area contributed by atoms with E-state index in [4.69, 9.17) is 0 Å². The Bertz CT molecular complexity index is 397. The van der Waals surface area contributed by atoms with Gasteiger partial charge in [-0.15, -0.1) is 0 Å². The van der Waals surface area contributed by atoms with E-state index in [1.807, 2.05) is 31.1 Å². The molecular formula is C13H22N4O. The molecule has 1 aromatic heterocycles. The highest BCUT2D eigenvalue weighted by molar-refractivity contribution is 5.78. The van der Waals surface area contributed by atoms with Crippen molar-refractivity contribution in [1.29, 1.82) is 0 Å². The predicted octanol–water partition coefficient (Wildman–Crippen LogP) is 0.563. The highest BCUT2D eigenvalue weighted by Gasteiger charge is 2.30. The Morgan fingerprint density at radius 2 is 2.39 bits per heavy atom. The van der Waals surface area contributed by atoms with Crippen molar-refractivity contribution >= 4 is 5.91 Å². The molecule has 0 atom stereocenters. The van der Waals surface area contributed by atoms with Gasteiger partial charge in [0.2, 0.25) is 5.91 Å². The van der Waals surface area contributed by atoms with Crippen molar-refractivity contribution in [3.05, 3.63) is 18.0 Å². The molecule has 5 nitrogen and oxygen atoms in total. The lowest BCUT2D eigenvalue weighted by molar-refractivity contribution is -0.130. The highest BCUT2D eigenvalue weighted by Crippen LogP contribution is 2.26. The molecule has 0 unspecified atom stereocenters. The molecule has 18 heavy (non-hydrogen) atoms. The maximum atomic E-state index is 11.9. The van der Waals surface area contributed by atoms with Gasteiger partial charge >= 0.3 is 0 Å². The van der Waals surface area contributed by atoms with Gasteiger partial charge in [0.1, 0.15) is 0 Å². The summed E-state index contributed by atoms with van der Waals surface area (Å²) in [6, 6.07) is 2.52. The van der Waals surface area contributed by atoms with Crippen LogP contribution in [0.2, 0.25) is 0 Å². The first-order chi connectivity index (χ1) is 8.70. The molecule has 1 saturated carbocycles. The largest absolute Gasteiger partial charge is 0.339 e. The van der Waals surface area contributed by atoms with Gasteiger partial charge in [-0.2, -0.15) is 5.10 Å². The van der Waals surface area contributed by atoms with Crippen LogP contribution in [0, 0.1) is 0 Å². The molecule has 2 rings (SSSR count). The standard InChI is InChI=1S/C13H22N4O/c1-3-17(12-4-5-12)13(18)10-14-8-6-11-7-9-16(2)15-11/h7,9,12,14H,3-6,8,10H2,1-2H3. The predicted molar refractivity (Wildman–Crippen MR) is 70.2 cm³/mol. The summed E-state index contributed by atoms with van der Waals surface area (Å²) in [7, 11) is 1.91. The van der Waals surface area contributed by atoms with Crippen LogP contribution < -0.4 is 5.32 Å². The molecule has 1 fully saturated rings. The summed E-state index contributed by atoms with van der Waals surface area (Å²) in [6.07, 6.45) is 5.15. The van der Waals surface area contributed by atoms with Crippen LogP contribution >= 0.6 is 0 Å². The number of likely N-dealkylation sites (N-methyl/N-ethyl adjacent to an activating group) is 1. The number of nitrogens with zero attached hydrogens (tertiary/aromatic N) is 3. The summed E-state index contributed by atoms with van der Waals surface area (Å²) in [4.78, 5) is 13.9. The molecule has 1 aliphatic carbocycles. The lowest BCUT2D eigenvalue weighted by atomic mass is 10.3. The van der Waals surface area contributed by atoms with E-state index in [1.54, 1.807) is 4.68 Å². The molecule has 0 radical (unpaired) electrons. The number of aromatic nitrogens is 2. The fourth-order valence-electron chi connectivity index (χ4n) is 2.13. The van der Waals surface area contributed by atoms with Crippen LogP contribution in [-0.4, -0.2) is 46.3 Å². The summed E-state index contributed by atoms with van der Waals surface area (Å²) in [6.45, 7) is 4.11. The quantitative estimate of drug-likeness (QED) is 0.720. The van der Waals surface area contributed by atoms with Crippen molar-refractivity contribution in [3.63, 3.8) is 0 Å². The Kier molecular flexibility index (Phi) is 4.36. The van der Waals surface area contributed by atoms with E-state index >= 15 is 0 Å². The number of hydrogen-bond donors (Lipinski definition) is 1. The van der Waals surface area contributed by atoms with Crippen molar-refractivity contribution in [2.24, 2.45) is 7.05 Å². The van der Waals surface area contributed by atoms with E-state index < -0.39 is 0 Å². The number of amides is 1. The molecule has 1 aromatic rings. The lowest BCUT2D eigenvalue weighted by Crippen LogP contribution is -2.39. The van der Waals surface area contributed by atoms with Gasteiger partial charge in [0.15, 0.2) is 0 Å². The zero-order valence-corrected chi connectivity index (χ0v) is 11.2. The van der Waals surface area contributed by atoms with Gasteiger partial charge < -0.3 is 10.2 Å². The number of rotatable bonds is 7. The minimum absolute atomic E-state index is 0.223. The summed E-state index contributed by atoms with van der Waals surface area (Å²) >= 11 is 0. The second-order valence-corrected chi connectivity index (χ2v) is 4.82. The normalized spacial score (nSPS) is 14.8. The fraction of sp³-hybridized carbons (Fsp3) is 0.692. The average molecular weight is 250 g/mol. The van der Waals surface area contributed by atoms with Crippen LogP contribution in [0.15, 0.2) is 12.3 Å². The SMILES string of the molecule is CCN(C(=O)CNCCc1ccn(C)n1)C1CC1. The van der Waals surface area contributed by atoms with Gasteiger partial charge in [0, 0.05) is 38.8 Å². The minimum Gasteiger partial charge on any atom is -0.339 e. The van der Waals surface area contributed by atoms with Crippen LogP contribution in [0.5, 0.6) is 0 Å². The molecule has 5 heteroatoms. The Balaban J connectivity index is 1.64. The van der Waals surface area contributed by atoms with Gasteiger partial charge in [-0.25, -0.2) is 0 Å². The van der Waals surface area contributed by atoms with E-state index in [2.05, 4.69) is 10.4 Å². The first-order valence-electron chi connectivity index (χ1n) is 6.69. The van der Waals surface area contributed by atoms with Gasteiger partial charge in [-0.1, -0.05) is 0 Å². The molecule has 1 N–H and O–H groups in total.